The van der Waals surface area contributed by atoms with E-state index in [9.17, 15) is 9.59 Å². The van der Waals surface area contributed by atoms with Crippen molar-refractivity contribution in [2.75, 3.05) is 38.7 Å². The summed E-state index contributed by atoms with van der Waals surface area (Å²) in [5.41, 5.74) is 2.61. The van der Waals surface area contributed by atoms with E-state index in [0.29, 0.717) is 25.5 Å². The first kappa shape index (κ1) is 23.4. The van der Waals surface area contributed by atoms with E-state index in [1.807, 2.05) is 44.2 Å². The molecule has 0 spiro atoms. The van der Waals surface area contributed by atoms with Gasteiger partial charge in [-0.2, -0.15) is 5.10 Å². The maximum absolute atomic E-state index is 12.8. The Morgan fingerprint density at radius 3 is 2.53 bits per heavy atom. The topological polar surface area (TPSA) is 88.5 Å². The quantitative estimate of drug-likeness (QED) is 0.693. The fraction of sp³-hybridized carbons (Fsp3) is 0.500. The first-order valence-electron chi connectivity index (χ1n) is 10.2. The lowest BCUT2D eigenvalue weighted by atomic mass is 9.92. The molecule has 0 aliphatic heterocycles. The van der Waals surface area contributed by atoms with Crippen LogP contribution in [0.4, 0.5) is 10.6 Å². The summed E-state index contributed by atoms with van der Waals surface area (Å²) in [6, 6.07) is 9.45. The summed E-state index contributed by atoms with van der Waals surface area (Å²) in [5, 5.41) is 10.4. The number of anilines is 1. The molecule has 0 saturated heterocycles. The van der Waals surface area contributed by atoms with Crippen LogP contribution in [0.25, 0.3) is 5.69 Å². The Balaban J connectivity index is 2.29. The van der Waals surface area contributed by atoms with Crippen molar-refractivity contribution in [3.63, 3.8) is 0 Å². The van der Waals surface area contributed by atoms with Crippen molar-refractivity contribution < 1.29 is 14.3 Å². The van der Waals surface area contributed by atoms with Crippen LogP contribution in [0.1, 0.15) is 39.0 Å². The maximum Gasteiger partial charge on any atom is 0.317 e. The van der Waals surface area contributed by atoms with Crippen molar-refractivity contribution in [3.8, 4) is 5.69 Å². The fourth-order valence-electron chi connectivity index (χ4n) is 2.89. The number of aromatic nitrogens is 2. The second-order valence-electron chi connectivity index (χ2n) is 8.16. The first-order chi connectivity index (χ1) is 14.2. The number of hydrogen-bond acceptors (Lipinski definition) is 4. The molecule has 1 aromatic heterocycles. The van der Waals surface area contributed by atoms with Crippen molar-refractivity contribution in [2.24, 2.45) is 0 Å². The molecule has 2 rings (SSSR count). The Bertz CT molecular complexity index is 870. The maximum atomic E-state index is 12.8. The van der Waals surface area contributed by atoms with Crippen molar-refractivity contribution in [2.45, 2.75) is 40.0 Å². The second-order valence-corrected chi connectivity index (χ2v) is 8.16. The molecule has 1 heterocycles. The SMILES string of the molecule is CCNC(=O)N(CCOC)CC(=O)Nc1cc(C(C)(C)C)nn1-c1ccccc1C. The lowest BCUT2D eigenvalue weighted by Gasteiger charge is -2.22. The number of rotatable bonds is 8. The summed E-state index contributed by atoms with van der Waals surface area (Å²) < 4.78 is 6.81. The lowest BCUT2D eigenvalue weighted by molar-refractivity contribution is -0.116. The highest BCUT2D eigenvalue weighted by Crippen LogP contribution is 2.27. The highest BCUT2D eigenvalue weighted by atomic mass is 16.5. The zero-order valence-electron chi connectivity index (χ0n) is 18.8. The predicted molar refractivity (Wildman–Crippen MR) is 118 cm³/mol. The molecule has 2 aromatic rings. The summed E-state index contributed by atoms with van der Waals surface area (Å²) >= 11 is 0. The molecule has 0 aliphatic carbocycles. The van der Waals surface area contributed by atoms with E-state index in [0.717, 1.165) is 16.9 Å². The molecule has 0 aliphatic rings. The van der Waals surface area contributed by atoms with E-state index in [4.69, 9.17) is 9.84 Å². The Labute approximate surface area is 178 Å². The molecule has 1 aromatic carbocycles. The lowest BCUT2D eigenvalue weighted by Crippen LogP contribution is -2.45. The fourth-order valence-corrected chi connectivity index (χ4v) is 2.89. The number of aryl methyl sites for hydroxylation is 1. The number of ether oxygens (including phenoxy) is 1. The van der Waals surface area contributed by atoms with E-state index in [2.05, 4.69) is 31.4 Å². The Morgan fingerprint density at radius 2 is 1.93 bits per heavy atom. The molecule has 0 bridgehead atoms. The molecule has 0 saturated carbocycles. The first-order valence-corrected chi connectivity index (χ1v) is 10.2. The summed E-state index contributed by atoms with van der Waals surface area (Å²) in [4.78, 5) is 26.5. The number of nitrogens with zero attached hydrogens (tertiary/aromatic N) is 3. The largest absolute Gasteiger partial charge is 0.383 e. The number of carbonyl (C=O) groups is 2. The highest BCUT2D eigenvalue weighted by molar-refractivity contribution is 5.94. The summed E-state index contributed by atoms with van der Waals surface area (Å²) in [6.07, 6.45) is 0. The summed E-state index contributed by atoms with van der Waals surface area (Å²) in [5.74, 6) is 0.273. The van der Waals surface area contributed by atoms with Gasteiger partial charge in [0.2, 0.25) is 5.91 Å². The van der Waals surface area contributed by atoms with Crippen molar-refractivity contribution in [3.05, 3.63) is 41.6 Å². The van der Waals surface area contributed by atoms with Crippen LogP contribution in [0.15, 0.2) is 30.3 Å². The monoisotopic (exact) mass is 415 g/mol. The molecule has 8 heteroatoms. The average Bonchev–Trinajstić information content (AvgIpc) is 3.09. The number of hydrogen-bond donors (Lipinski definition) is 2. The number of nitrogens with one attached hydrogen (secondary N) is 2. The highest BCUT2D eigenvalue weighted by Gasteiger charge is 2.23. The minimum atomic E-state index is -0.299. The van der Waals surface area contributed by atoms with Gasteiger partial charge in [-0.1, -0.05) is 39.0 Å². The van der Waals surface area contributed by atoms with Crippen molar-refractivity contribution in [1.29, 1.82) is 0 Å². The standard InChI is InChI=1S/C22H33N5O3/c1-7-23-21(29)26(12-13-30-6)15-20(28)24-19-14-18(22(3,4)5)25-27(19)17-11-9-8-10-16(17)2/h8-11,14H,7,12-13,15H2,1-6H3,(H,23,29)(H,24,28). The van der Waals surface area contributed by atoms with Gasteiger partial charge >= 0.3 is 6.03 Å². The van der Waals surface area contributed by atoms with E-state index in [1.54, 1.807) is 11.8 Å². The smallest absolute Gasteiger partial charge is 0.317 e. The van der Waals surface area contributed by atoms with Gasteiger partial charge in [-0.15, -0.1) is 0 Å². The van der Waals surface area contributed by atoms with E-state index in [-0.39, 0.29) is 23.9 Å². The van der Waals surface area contributed by atoms with Gasteiger partial charge in [0.1, 0.15) is 12.4 Å². The van der Waals surface area contributed by atoms with Gasteiger partial charge in [0.05, 0.1) is 18.0 Å². The van der Waals surface area contributed by atoms with Crippen LogP contribution in [0.5, 0.6) is 0 Å². The van der Waals surface area contributed by atoms with Crippen LogP contribution >= 0.6 is 0 Å². The van der Waals surface area contributed by atoms with Crippen LogP contribution in [0.2, 0.25) is 0 Å². The van der Waals surface area contributed by atoms with Crippen molar-refractivity contribution in [1.82, 2.24) is 20.0 Å². The molecule has 3 amide bonds. The third-order valence-corrected chi connectivity index (χ3v) is 4.60. The van der Waals surface area contributed by atoms with Gasteiger partial charge in [0.15, 0.2) is 0 Å². The third-order valence-electron chi connectivity index (χ3n) is 4.60. The minimum Gasteiger partial charge on any atom is -0.383 e. The van der Waals surface area contributed by atoms with Crippen LogP contribution in [0, 0.1) is 6.92 Å². The zero-order valence-corrected chi connectivity index (χ0v) is 18.8. The molecule has 2 N–H and O–H groups in total. The molecule has 0 fully saturated rings. The Morgan fingerprint density at radius 1 is 1.23 bits per heavy atom. The predicted octanol–water partition coefficient (Wildman–Crippen LogP) is 3.09. The molecule has 0 unspecified atom stereocenters. The molecule has 164 valence electrons. The van der Waals surface area contributed by atoms with E-state index < -0.39 is 0 Å². The summed E-state index contributed by atoms with van der Waals surface area (Å²) in [6.45, 7) is 11.1. The number of carbonyl (C=O) groups excluding carboxylic acids is 2. The second kappa shape index (κ2) is 10.2. The van der Waals surface area contributed by atoms with Crippen LogP contribution in [0.3, 0.4) is 0 Å². The van der Waals surface area contributed by atoms with Gasteiger partial charge in [0, 0.05) is 31.7 Å². The van der Waals surface area contributed by atoms with Crippen molar-refractivity contribution >= 4 is 17.8 Å². The van der Waals surface area contributed by atoms with E-state index in [1.165, 1.54) is 4.90 Å². The normalized spacial score (nSPS) is 11.3. The Kier molecular flexibility index (Phi) is 8.00. The average molecular weight is 416 g/mol. The van der Waals surface area contributed by atoms with Crippen LogP contribution in [-0.2, 0) is 14.9 Å². The molecular weight excluding hydrogens is 382 g/mol. The number of benzene rings is 1. The number of urea groups is 1. The van der Waals surface area contributed by atoms with Crippen LogP contribution in [-0.4, -0.2) is 60.0 Å². The third kappa shape index (κ3) is 6.06. The van der Waals surface area contributed by atoms with Gasteiger partial charge in [-0.05, 0) is 25.5 Å². The van der Waals surface area contributed by atoms with Gasteiger partial charge in [-0.25, -0.2) is 9.48 Å². The Hall–Kier alpha value is -2.87. The molecule has 8 nitrogen and oxygen atoms in total. The zero-order chi connectivity index (χ0) is 22.3. The van der Waals surface area contributed by atoms with Crippen LogP contribution < -0.4 is 10.6 Å². The molecular formula is C22H33N5O3. The number of methoxy groups -OCH3 is 1. The number of amides is 3. The van der Waals surface area contributed by atoms with Gasteiger partial charge in [0.25, 0.3) is 0 Å². The van der Waals surface area contributed by atoms with Gasteiger partial charge < -0.3 is 20.3 Å². The molecule has 0 radical (unpaired) electrons. The van der Waals surface area contributed by atoms with Gasteiger partial charge in [-0.3, -0.25) is 4.79 Å². The summed E-state index contributed by atoms with van der Waals surface area (Å²) in [7, 11) is 1.56. The molecule has 30 heavy (non-hydrogen) atoms. The molecule has 0 atom stereocenters. The van der Waals surface area contributed by atoms with E-state index >= 15 is 0 Å². The minimum absolute atomic E-state index is 0.0843. The number of para-hydroxylation sites is 1.